The summed E-state index contributed by atoms with van der Waals surface area (Å²) in [6.45, 7) is 3.43. The van der Waals surface area contributed by atoms with Gasteiger partial charge >= 0.3 is 6.36 Å². The monoisotopic (exact) mass is 404 g/mol. The van der Waals surface area contributed by atoms with Crippen LogP contribution in [0.3, 0.4) is 0 Å². The number of nitrogens with zero attached hydrogens (tertiary/aromatic N) is 3. The zero-order valence-corrected chi connectivity index (χ0v) is 15.8. The van der Waals surface area contributed by atoms with Crippen molar-refractivity contribution in [3.63, 3.8) is 0 Å². The number of rotatable bonds is 6. The fraction of sp³-hybridized carbons (Fsp3) is 0.250. The van der Waals surface area contributed by atoms with Gasteiger partial charge in [-0.15, -0.1) is 18.3 Å². The summed E-state index contributed by atoms with van der Waals surface area (Å²) in [6, 6.07) is 12.9. The molecule has 152 valence electrons. The van der Waals surface area contributed by atoms with Gasteiger partial charge in [0, 0.05) is 12.5 Å². The maximum Gasteiger partial charge on any atom is 0.573 e. The first-order chi connectivity index (χ1) is 13.7. The number of benzene rings is 2. The van der Waals surface area contributed by atoms with Gasteiger partial charge in [0.1, 0.15) is 5.75 Å². The highest BCUT2D eigenvalue weighted by Gasteiger charge is 2.31. The van der Waals surface area contributed by atoms with Gasteiger partial charge in [0.15, 0.2) is 5.82 Å². The predicted octanol–water partition coefficient (Wildman–Crippen LogP) is 4.74. The van der Waals surface area contributed by atoms with E-state index in [2.05, 4.69) is 27.1 Å². The SMILES string of the molecule is CCCc1ccc(-c2nc(NC(C)=O)n(-c3ccc(OC(F)(F)F)cc3)n2)cc1. The second-order valence-corrected chi connectivity index (χ2v) is 6.34. The summed E-state index contributed by atoms with van der Waals surface area (Å²) in [5.41, 5.74) is 2.37. The molecule has 0 radical (unpaired) electrons. The van der Waals surface area contributed by atoms with Gasteiger partial charge in [-0.1, -0.05) is 37.6 Å². The topological polar surface area (TPSA) is 69.0 Å². The second kappa shape index (κ2) is 8.34. The molecule has 0 aliphatic carbocycles. The van der Waals surface area contributed by atoms with Crippen molar-refractivity contribution >= 4 is 11.9 Å². The molecule has 3 aromatic rings. The molecule has 0 atom stereocenters. The van der Waals surface area contributed by atoms with Gasteiger partial charge in [-0.25, -0.2) is 0 Å². The quantitative estimate of drug-likeness (QED) is 0.644. The smallest absolute Gasteiger partial charge is 0.406 e. The molecule has 0 aliphatic heterocycles. The molecule has 3 rings (SSSR count). The Kier molecular flexibility index (Phi) is 5.86. The van der Waals surface area contributed by atoms with E-state index in [9.17, 15) is 18.0 Å². The van der Waals surface area contributed by atoms with Crippen LogP contribution in [-0.4, -0.2) is 27.0 Å². The predicted molar refractivity (Wildman–Crippen MR) is 102 cm³/mol. The summed E-state index contributed by atoms with van der Waals surface area (Å²) in [6.07, 6.45) is -2.77. The molecule has 0 saturated carbocycles. The van der Waals surface area contributed by atoms with Crippen LogP contribution >= 0.6 is 0 Å². The summed E-state index contributed by atoms with van der Waals surface area (Å²) in [4.78, 5) is 15.9. The van der Waals surface area contributed by atoms with E-state index in [0.717, 1.165) is 18.4 Å². The number of amides is 1. The molecule has 1 amide bonds. The zero-order chi connectivity index (χ0) is 21.0. The van der Waals surface area contributed by atoms with Crippen LogP contribution in [-0.2, 0) is 11.2 Å². The van der Waals surface area contributed by atoms with Gasteiger partial charge in [0.05, 0.1) is 5.69 Å². The number of hydrogen-bond donors (Lipinski definition) is 1. The lowest BCUT2D eigenvalue weighted by Crippen LogP contribution is -2.17. The van der Waals surface area contributed by atoms with E-state index in [4.69, 9.17) is 0 Å². The highest BCUT2D eigenvalue weighted by atomic mass is 19.4. The molecular formula is C20H19F3N4O2. The Balaban J connectivity index is 1.94. The molecule has 29 heavy (non-hydrogen) atoms. The van der Waals surface area contributed by atoms with Crippen molar-refractivity contribution in [1.82, 2.24) is 14.8 Å². The summed E-state index contributed by atoms with van der Waals surface area (Å²) >= 11 is 0. The molecule has 2 aromatic carbocycles. The van der Waals surface area contributed by atoms with Crippen LogP contribution in [0.5, 0.6) is 5.75 Å². The Morgan fingerprint density at radius 3 is 2.31 bits per heavy atom. The lowest BCUT2D eigenvalue weighted by molar-refractivity contribution is -0.274. The number of ether oxygens (including phenoxy) is 1. The lowest BCUT2D eigenvalue weighted by Gasteiger charge is -2.10. The first-order valence-corrected chi connectivity index (χ1v) is 8.95. The molecule has 0 spiro atoms. The van der Waals surface area contributed by atoms with Crippen molar-refractivity contribution in [2.24, 2.45) is 0 Å². The van der Waals surface area contributed by atoms with E-state index in [1.54, 1.807) is 0 Å². The number of aryl methyl sites for hydroxylation is 1. The number of aromatic nitrogens is 3. The number of anilines is 1. The standard InChI is InChI=1S/C20H19F3N4O2/c1-3-4-14-5-7-15(8-6-14)18-25-19(24-13(2)28)27(26-18)16-9-11-17(12-10-16)29-20(21,22)23/h5-12H,3-4H2,1-2H3,(H,24,25,26,28). The molecule has 0 unspecified atom stereocenters. The van der Waals surface area contributed by atoms with Gasteiger partial charge in [0.25, 0.3) is 0 Å². The molecule has 1 N–H and O–H groups in total. The van der Waals surface area contributed by atoms with Crippen molar-refractivity contribution in [2.45, 2.75) is 33.1 Å². The Hall–Kier alpha value is -3.36. The van der Waals surface area contributed by atoms with E-state index in [0.29, 0.717) is 11.5 Å². The molecule has 0 bridgehead atoms. The summed E-state index contributed by atoms with van der Waals surface area (Å²) in [5, 5.41) is 7.00. The van der Waals surface area contributed by atoms with Crippen molar-refractivity contribution in [2.75, 3.05) is 5.32 Å². The maximum absolute atomic E-state index is 12.3. The molecule has 1 heterocycles. The van der Waals surface area contributed by atoms with Crippen molar-refractivity contribution < 1.29 is 22.7 Å². The van der Waals surface area contributed by atoms with Crippen molar-refractivity contribution in [3.05, 3.63) is 54.1 Å². The number of hydrogen-bond acceptors (Lipinski definition) is 4. The van der Waals surface area contributed by atoms with Crippen LogP contribution < -0.4 is 10.1 Å². The first-order valence-electron chi connectivity index (χ1n) is 8.95. The molecule has 9 heteroatoms. The Morgan fingerprint density at radius 1 is 1.10 bits per heavy atom. The van der Waals surface area contributed by atoms with Gasteiger partial charge < -0.3 is 4.74 Å². The number of carbonyl (C=O) groups is 1. The van der Waals surface area contributed by atoms with Gasteiger partial charge in [-0.3, -0.25) is 10.1 Å². The number of nitrogens with one attached hydrogen (secondary N) is 1. The zero-order valence-electron chi connectivity index (χ0n) is 15.8. The third-order valence-electron chi connectivity index (χ3n) is 3.96. The summed E-state index contributed by atoms with van der Waals surface area (Å²) in [5.74, 6) is -0.156. The van der Waals surface area contributed by atoms with E-state index in [-0.39, 0.29) is 17.6 Å². The molecule has 0 fully saturated rings. The third kappa shape index (κ3) is 5.34. The Labute approximate surface area is 165 Å². The molecule has 0 saturated heterocycles. The number of carbonyl (C=O) groups excluding carboxylic acids is 1. The third-order valence-corrected chi connectivity index (χ3v) is 3.96. The molecule has 6 nitrogen and oxygen atoms in total. The van der Waals surface area contributed by atoms with E-state index < -0.39 is 6.36 Å². The minimum absolute atomic E-state index is 0.162. The average molecular weight is 404 g/mol. The van der Waals surface area contributed by atoms with Crippen LogP contribution in [0.15, 0.2) is 48.5 Å². The van der Waals surface area contributed by atoms with Gasteiger partial charge in [-0.2, -0.15) is 9.67 Å². The Morgan fingerprint density at radius 2 is 1.76 bits per heavy atom. The molecular weight excluding hydrogens is 385 g/mol. The minimum Gasteiger partial charge on any atom is -0.406 e. The van der Waals surface area contributed by atoms with Crippen LogP contribution in [0.25, 0.3) is 17.1 Å². The van der Waals surface area contributed by atoms with Crippen LogP contribution in [0, 0.1) is 0 Å². The second-order valence-electron chi connectivity index (χ2n) is 6.34. The lowest BCUT2D eigenvalue weighted by atomic mass is 10.1. The van der Waals surface area contributed by atoms with Gasteiger partial charge in [-0.05, 0) is 36.2 Å². The van der Waals surface area contributed by atoms with Crippen LogP contribution in [0.1, 0.15) is 25.8 Å². The normalized spacial score (nSPS) is 11.3. The van der Waals surface area contributed by atoms with E-state index in [1.165, 1.54) is 41.4 Å². The fourth-order valence-electron chi connectivity index (χ4n) is 2.75. The number of halogens is 3. The molecule has 0 aliphatic rings. The first kappa shape index (κ1) is 20.4. The van der Waals surface area contributed by atoms with Crippen LogP contribution in [0.2, 0.25) is 0 Å². The maximum atomic E-state index is 12.3. The van der Waals surface area contributed by atoms with E-state index in [1.807, 2.05) is 24.3 Å². The van der Waals surface area contributed by atoms with Crippen molar-refractivity contribution in [1.29, 1.82) is 0 Å². The molecule has 1 aromatic heterocycles. The summed E-state index contributed by atoms with van der Waals surface area (Å²) in [7, 11) is 0. The van der Waals surface area contributed by atoms with E-state index >= 15 is 0 Å². The average Bonchev–Trinajstić information content (AvgIpc) is 3.05. The minimum atomic E-state index is -4.77. The highest BCUT2D eigenvalue weighted by molar-refractivity contribution is 5.87. The van der Waals surface area contributed by atoms with Gasteiger partial charge in [0.2, 0.25) is 11.9 Å². The van der Waals surface area contributed by atoms with Crippen LogP contribution in [0.4, 0.5) is 19.1 Å². The summed E-state index contributed by atoms with van der Waals surface area (Å²) < 4.78 is 42.3. The highest BCUT2D eigenvalue weighted by Crippen LogP contribution is 2.26. The Bertz CT molecular complexity index is 980. The largest absolute Gasteiger partial charge is 0.573 e. The number of alkyl halides is 3. The fourth-order valence-corrected chi connectivity index (χ4v) is 2.75. The van der Waals surface area contributed by atoms with Crippen molar-refractivity contribution in [3.8, 4) is 22.8 Å².